The summed E-state index contributed by atoms with van der Waals surface area (Å²) in [6.45, 7) is 2.67. The molecule has 1 fully saturated rings. The third-order valence-electron chi connectivity index (χ3n) is 3.47. The van der Waals surface area contributed by atoms with Gasteiger partial charge in [-0.25, -0.2) is 0 Å². The maximum atomic E-state index is 8.83. The first-order valence-corrected chi connectivity index (χ1v) is 5.97. The molecule has 0 heterocycles. The van der Waals surface area contributed by atoms with Gasteiger partial charge in [0.1, 0.15) is 0 Å². The smallest absolute Gasteiger partial charge is 0.0433 e. The minimum Gasteiger partial charge on any atom is -0.396 e. The molecule has 0 unspecified atom stereocenters. The molecule has 0 spiro atoms. The van der Waals surface area contributed by atoms with Crippen molar-refractivity contribution in [1.82, 2.24) is 0 Å². The van der Waals surface area contributed by atoms with Crippen molar-refractivity contribution < 1.29 is 5.11 Å². The van der Waals surface area contributed by atoms with E-state index in [0.29, 0.717) is 6.61 Å². The van der Waals surface area contributed by atoms with Gasteiger partial charge in [-0.3, -0.25) is 0 Å². The molecule has 1 aliphatic rings. The molecule has 0 bridgehead atoms. The van der Waals surface area contributed by atoms with Gasteiger partial charge in [-0.1, -0.05) is 51.9 Å². The Morgan fingerprint density at radius 2 is 1.54 bits per heavy atom. The highest BCUT2D eigenvalue weighted by molar-refractivity contribution is 4.72. The minimum atomic E-state index is 0.393. The summed E-state index contributed by atoms with van der Waals surface area (Å²) in [5, 5.41) is 8.83. The van der Waals surface area contributed by atoms with Crippen LogP contribution >= 0.6 is 0 Å². The van der Waals surface area contributed by atoms with E-state index >= 15 is 0 Å². The Balaban J connectivity index is 2.08. The molecule has 78 valence electrons. The van der Waals surface area contributed by atoms with Crippen LogP contribution in [0.5, 0.6) is 0 Å². The highest BCUT2D eigenvalue weighted by Crippen LogP contribution is 2.33. The van der Waals surface area contributed by atoms with E-state index in [9.17, 15) is 0 Å². The summed E-state index contributed by atoms with van der Waals surface area (Å²) >= 11 is 0. The number of aliphatic hydroxyl groups excluding tert-OH is 1. The lowest BCUT2D eigenvalue weighted by Crippen LogP contribution is -2.15. The van der Waals surface area contributed by atoms with E-state index in [0.717, 1.165) is 18.3 Å². The molecule has 1 aliphatic carbocycles. The molecule has 0 radical (unpaired) electrons. The van der Waals surface area contributed by atoms with E-state index < -0.39 is 0 Å². The number of unbranched alkanes of at least 4 members (excludes halogenated alkanes) is 1. The molecule has 1 nitrogen and oxygen atoms in total. The van der Waals surface area contributed by atoms with Crippen LogP contribution in [-0.4, -0.2) is 11.7 Å². The summed E-state index contributed by atoms with van der Waals surface area (Å²) in [7, 11) is 0. The van der Waals surface area contributed by atoms with Crippen molar-refractivity contribution in [1.29, 1.82) is 0 Å². The maximum Gasteiger partial charge on any atom is 0.0433 e. The zero-order chi connectivity index (χ0) is 9.52. The van der Waals surface area contributed by atoms with E-state index in [1.165, 1.54) is 44.9 Å². The predicted octanol–water partition coefficient (Wildman–Crippen LogP) is 3.37. The SMILES string of the molecule is CCCC[C@H]1CC[C@H](CCO)CC1. The molecule has 0 atom stereocenters. The van der Waals surface area contributed by atoms with Gasteiger partial charge in [0, 0.05) is 6.61 Å². The van der Waals surface area contributed by atoms with Crippen LogP contribution in [0, 0.1) is 11.8 Å². The molecule has 1 heteroatoms. The van der Waals surface area contributed by atoms with Crippen molar-refractivity contribution in [2.24, 2.45) is 11.8 Å². The monoisotopic (exact) mass is 184 g/mol. The summed E-state index contributed by atoms with van der Waals surface area (Å²) in [4.78, 5) is 0. The van der Waals surface area contributed by atoms with E-state index in [-0.39, 0.29) is 0 Å². The van der Waals surface area contributed by atoms with Crippen LogP contribution in [0.4, 0.5) is 0 Å². The fourth-order valence-corrected chi connectivity index (χ4v) is 2.48. The van der Waals surface area contributed by atoms with Gasteiger partial charge >= 0.3 is 0 Å². The molecule has 0 aromatic carbocycles. The molecule has 0 aromatic heterocycles. The second-order valence-electron chi connectivity index (χ2n) is 4.54. The Labute approximate surface area is 82.5 Å². The summed E-state index contributed by atoms with van der Waals surface area (Å²) < 4.78 is 0. The fourth-order valence-electron chi connectivity index (χ4n) is 2.48. The van der Waals surface area contributed by atoms with Crippen LogP contribution in [0.1, 0.15) is 58.3 Å². The van der Waals surface area contributed by atoms with Gasteiger partial charge in [0.15, 0.2) is 0 Å². The number of rotatable bonds is 5. The fraction of sp³-hybridized carbons (Fsp3) is 1.00. The van der Waals surface area contributed by atoms with Crippen LogP contribution in [0.15, 0.2) is 0 Å². The van der Waals surface area contributed by atoms with Crippen molar-refractivity contribution in [2.45, 2.75) is 58.3 Å². The average molecular weight is 184 g/mol. The summed E-state index contributed by atoms with van der Waals surface area (Å²) in [6, 6.07) is 0. The van der Waals surface area contributed by atoms with Crippen LogP contribution < -0.4 is 0 Å². The van der Waals surface area contributed by atoms with Crippen LogP contribution in [0.2, 0.25) is 0 Å². The molecule has 1 rings (SSSR count). The van der Waals surface area contributed by atoms with Gasteiger partial charge in [0.2, 0.25) is 0 Å². The molecular weight excluding hydrogens is 160 g/mol. The molecule has 1 saturated carbocycles. The predicted molar refractivity (Wildman–Crippen MR) is 56.7 cm³/mol. The highest BCUT2D eigenvalue weighted by Gasteiger charge is 2.19. The molecule has 0 saturated heterocycles. The van der Waals surface area contributed by atoms with Crippen molar-refractivity contribution in [2.75, 3.05) is 6.61 Å². The quantitative estimate of drug-likeness (QED) is 0.694. The first-order chi connectivity index (χ1) is 6.36. The van der Waals surface area contributed by atoms with Crippen LogP contribution in [-0.2, 0) is 0 Å². The molecule has 0 amide bonds. The van der Waals surface area contributed by atoms with Crippen molar-refractivity contribution in [3.05, 3.63) is 0 Å². The average Bonchev–Trinajstić information content (AvgIpc) is 2.17. The second-order valence-corrected chi connectivity index (χ2v) is 4.54. The summed E-state index contributed by atoms with van der Waals surface area (Å²) in [5.41, 5.74) is 0. The van der Waals surface area contributed by atoms with E-state index in [4.69, 9.17) is 5.11 Å². The van der Waals surface area contributed by atoms with Crippen molar-refractivity contribution in [3.63, 3.8) is 0 Å². The Morgan fingerprint density at radius 3 is 2.00 bits per heavy atom. The maximum absolute atomic E-state index is 8.83. The third-order valence-corrected chi connectivity index (χ3v) is 3.47. The molecule has 0 aliphatic heterocycles. The van der Waals surface area contributed by atoms with Gasteiger partial charge < -0.3 is 5.11 Å². The summed E-state index contributed by atoms with van der Waals surface area (Å²) in [6.07, 6.45) is 10.8. The molecular formula is C12H24O. The van der Waals surface area contributed by atoms with Crippen LogP contribution in [0.3, 0.4) is 0 Å². The van der Waals surface area contributed by atoms with Gasteiger partial charge in [-0.2, -0.15) is 0 Å². The lowest BCUT2D eigenvalue weighted by molar-refractivity contribution is 0.200. The summed E-state index contributed by atoms with van der Waals surface area (Å²) in [5.74, 6) is 1.85. The largest absolute Gasteiger partial charge is 0.396 e. The minimum absolute atomic E-state index is 0.393. The van der Waals surface area contributed by atoms with Crippen LogP contribution in [0.25, 0.3) is 0 Å². The van der Waals surface area contributed by atoms with Gasteiger partial charge in [-0.05, 0) is 18.3 Å². The second kappa shape index (κ2) is 6.42. The normalized spacial score (nSPS) is 29.1. The van der Waals surface area contributed by atoms with Crippen molar-refractivity contribution in [3.8, 4) is 0 Å². The number of hydrogen-bond donors (Lipinski definition) is 1. The van der Waals surface area contributed by atoms with Gasteiger partial charge in [0.25, 0.3) is 0 Å². The topological polar surface area (TPSA) is 20.2 Å². The lowest BCUT2D eigenvalue weighted by Gasteiger charge is -2.27. The molecule has 0 aromatic rings. The van der Waals surface area contributed by atoms with Gasteiger partial charge in [0.05, 0.1) is 0 Å². The zero-order valence-electron chi connectivity index (χ0n) is 8.97. The Hall–Kier alpha value is -0.0400. The van der Waals surface area contributed by atoms with Gasteiger partial charge in [-0.15, -0.1) is 0 Å². The lowest BCUT2D eigenvalue weighted by atomic mass is 9.79. The number of aliphatic hydroxyl groups is 1. The Bertz CT molecular complexity index is 114. The molecule has 1 N–H and O–H groups in total. The van der Waals surface area contributed by atoms with Crippen molar-refractivity contribution >= 4 is 0 Å². The Kier molecular flexibility index (Phi) is 5.45. The van der Waals surface area contributed by atoms with E-state index in [2.05, 4.69) is 6.92 Å². The first kappa shape index (κ1) is 11.0. The molecule has 13 heavy (non-hydrogen) atoms. The highest BCUT2D eigenvalue weighted by atomic mass is 16.3. The van der Waals surface area contributed by atoms with E-state index in [1.54, 1.807) is 0 Å². The Morgan fingerprint density at radius 1 is 1.00 bits per heavy atom. The zero-order valence-corrected chi connectivity index (χ0v) is 8.97. The van der Waals surface area contributed by atoms with E-state index in [1.807, 2.05) is 0 Å². The standard InChI is InChI=1S/C12H24O/c1-2-3-4-11-5-7-12(8-6-11)9-10-13/h11-13H,2-10H2,1H3/t11-,12-. The first-order valence-electron chi connectivity index (χ1n) is 5.97. The number of hydrogen-bond acceptors (Lipinski definition) is 1. The third kappa shape index (κ3) is 4.12.